The average Bonchev–Trinajstić information content (AvgIpc) is 2.34. The molecular formula is C13H19O3P. The predicted octanol–water partition coefficient (Wildman–Crippen LogP) is 3.18. The van der Waals surface area contributed by atoms with Gasteiger partial charge in [-0.05, 0) is 32.8 Å². The monoisotopic (exact) mass is 254 g/mol. The molecule has 1 atom stereocenters. The Bertz CT molecular complexity index is 388. The van der Waals surface area contributed by atoms with E-state index >= 15 is 0 Å². The fourth-order valence-electron chi connectivity index (χ4n) is 1.38. The highest BCUT2D eigenvalue weighted by Crippen LogP contribution is 2.30. The number of rotatable bonds is 6. The average molecular weight is 254 g/mol. The fourth-order valence-corrected chi connectivity index (χ4v) is 2.37. The van der Waals surface area contributed by atoms with Crippen LogP contribution >= 0.6 is 8.58 Å². The summed E-state index contributed by atoms with van der Waals surface area (Å²) in [6.45, 7) is 4.23. The summed E-state index contributed by atoms with van der Waals surface area (Å²) in [4.78, 5) is 12.0. The molecule has 0 saturated carbocycles. The van der Waals surface area contributed by atoms with E-state index in [9.17, 15) is 4.79 Å². The maximum atomic E-state index is 12.0. The van der Waals surface area contributed by atoms with Crippen molar-refractivity contribution in [2.24, 2.45) is 5.92 Å². The lowest BCUT2D eigenvalue weighted by Gasteiger charge is -2.10. The summed E-state index contributed by atoms with van der Waals surface area (Å²) in [5, 5.41) is 0. The van der Waals surface area contributed by atoms with Crippen LogP contribution in [0.25, 0.3) is 0 Å². The molecule has 0 fully saturated rings. The van der Waals surface area contributed by atoms with Gasteiger partial charge < -0.3 is 9.47 Å². The molecule has 1 rings (SSSR count). The lowest BCUT2D eigenvalue weighted by Crippen LogP contribution is -2.00. The van der Waals surface area contributed by atoms with Gasteiger partial charge in [-0.3, -0.25) is 4.79 Å². The Hall–Kier alpha value is -1.08. The first-order valence-electron chi connectivity index (χ1n) is 5.58. The summed E-state index contributed by atoms with van der Waals surface area (Å²) < 4.78 is 10.3. The number of benzene rings is 1. The van der Waals surface area contributed by atoms with Gasteiger partial charge in [-0.1, -0.05) is 13.8 Å². The molecular weight excluding hydrogens is 235 g/mol. The minimum atomic E-state index is 0.151. The second-order valence-corrected chi connectivity index (χ2v) is 5.39. The molecule has 0 spiro atoms. The molecule has 0 saturated heterocycles. The summed E-state index contributed by atoms with van der Waals surface area (Å²) in [6.07, 6.45) is 0.925. The Morgan fingerprint density at radius 1 is 1.29 bits per heavy atom. The molecule has 0 aromatic heterocycles. The van der Waals surface area contributed by atoms with E-state index in [1.165, 1.54) is 0 Å². The van der Waals surface area contributed by atoms with Gasteiger partial charge in [0.25, 0.3) is 0 Å². The molecule has 0 radical (unpaired) electrons. The molecule has 1 aromatic rings. The molecule has 4 heteroatoms. The van der Waals surface area contributed by atoms with Crippen LogP contribution in [-0.4, -0.2) is 25.9 Å². The third kappa shape index (κ3) is 4.01. The Labute approximate surface area is 104 Å². The van der Waals surface area contributed by atoms with Crippen molar-refractivity contribution in [2.45, 2.75) is 13.8 Å². The molecule has 94 valence electrons. The number of methoxy groups -OCH3 is 2. The highest BCUT2D eigenvalue weighted by molar-refractivity contribution is 7.58. The number of hydrogen-bond donors (Lipinski definition) is 0. The summed E-state index contributed by atoms with van der Waals surface area (Å²) in [5.74, 6) is 1.83. The zero-order valence-electron chi connectivity index (χ0n) is 10.7. The van der Waals surface area contributed by atoms with E-state index in [0.717, 1.165) is 6.16 Å². The first-order valence-corrected chi connectivity index (χ1v) is 6.79. The molecule has 0 aliphatic carbocycles. The molecule has 17 heavy (non-hydrogen) atoms. The van der Waals surface area contributed by atoms with E-state index < -0.39 is 0 Å². The van der Waals surface area contributed by atoms with E-state index in [2.05, 4.69) is 13.8 Å². The van der Waals surface area contributed by atoms with Crippen molar-refractivity contribution in [2.75, 3.05) is 20.4 Å². The maximum Gasteiger partial charge on any atom is 0.184 e. The lowest BCUT2D eigenvalue weighted by molar-refractivity contribution is 0.108. The standard InChI is InChI=1S/C13H19O3P/c1-9(2)8-17-13(14)11-6-5-10(15-3)7-12(11)16-4/h5-7,9,17H,8H2,1-4H3. The maximum absolute atomic E-state index is 12.0. The number of carbonyl (C=O) groups is 1. The van der Waals surface area contributed by atoms with Crippen LogP contribution in [0.3, 0.4) is 0 Å². The highest BCUT2D eigenvalue weighted by Gasteiger charge is 2.13. The van der Waals surface area contributed by atoms with Gasteiger partial charge in [0.15, 0.2) is 5.52 Å². The smallest absolute Gasteiger partial charge is 0.184 e. The van der Waals surface area contributed by atoms with Gasteiger partial charge in [0, 0.05) is 6.07 Å². The first-order chi connectivity index (χ1) is 8.08. The van der Waals surface area contributed by atoms with E-state index in [-0.39, 0.29) is 5.52 Å². The van der Waals surface area contributed by atoms with Crippen LogP contribution in [-0.2, 0) is 0 Å². The largest absolute Gasteiger partial charge is 0.497 e. The van der Waals surface area contributed by atoms with Gasteiger partial charge in [-0.2, -0.15) is 0 Å². The summed E-state index contributed by atoms with van der Waals surface area (Å²) in [5.41, 5.74) is 0.797. The topological polar surface area (TPSA) is 35.5 Å². The van der Waals surface area contributed by atoms with Crippen LogP contribution in [0.1, 0.15) is 24.2 Å². The Kier molecular flexibility index (Phi) is 5.43. The second-order valence-electron chi connectivity index (χ2n) is 4.17. The molecule has 1 unspecified atom stereocenters. The molecule has 3 nitrogen and oxygen atoms in total. The Morgan fingerprint density at radius 2 is 2.00 bits per heavy atom. The highest BCUT2D eigenvalue weighted by atomic mass is 31.1. The summed E-state index contributed by atoms with van der Waals surface area (Å²) >= 11 is 0. The van der Waals surface area contributed by atoms with Gasteiger partial charge in [0.05, 0.1) is 19.8 Å². The first kappa shape index (κ1) is 14.0. The molecule has 0 aliphatic heterocycles. The van der Waals surface area contributed by atoms with Crippen LogP contribution in [0.2, 0.25) is 0 Å². The van der Waals surface area contributed by atoms with Crippen molar-refractivity contribution < 1.29 is 14.3 Å². The third-order valence-corrected chi connectivity index (χ3v) is 3.94. The van der Waals surface area contributed by atoms with E-state index in [0.29, 0.717) is 31.6 Å². The molecule has 0 N–H and O–H groups in total. The number of hydrogen-bond acceptors (Lipinski definition) is 3. The van der Waals surface area contributed by atoms with Crippen LogP contribution in [0.15, 0.2) is 18.2 Å². The number of carbonyl (C=O) groups excluding carboxylic acids is 1. The fraction of sp³-hybridized carbons (Fsp3) is 0.462. The summed E-state index contributed by atoms with van der Waals surface area (Å²) in [7, 11) is 3.46. The molecule has 0 heterocycles. The zero-order valence-corrected chi connectivity index (χ0v) is 11.7. The van der Waals surface area contributed by atoms with Crippen molar-refractivity contribution in [1.29, 1.82) is 0 Å². The Balaban J connectivity index is 2.85. The summed E-state index contributed by atoms with van der Waals surface area (Å²) in [6, 6.07) is 5.30. The lowest BCUT2D eigenvalue weighted by atomic mass is 10.2. The SMILES string of the molecule is COc1ccc(C(=O)PCC(C)C)c(OC)c1. The van der Waals surface area contributed by atoms with Gasteiger partial charge in [-0.25, -0.2) is 0 Å². The van der Waals surface area contributed by atoms with Gasteiger partial charge in [0.2, 0.25) is 0 Å². The molecule has 0 bridgehead atoms. The quantitative estimate of drug-likeness (QED) is 0.731. The minimum Gasteiger partial charge on any atom is -0.497 e. The van der Waals surface area contributed by atoms with Crippen molar-refractivity contribution in [3.63, 3.8) is 0 Å². The minimum absolute atomic E-state index is 0.151. The van der Waals surface area contributed by atoms with E-state index in [1.807, 2.05) is 0 Å². The van der Waals surface area contributed by atoms with Gasteiger partial charge in [-0.15, -0.1) is 0 Å². The van der Waals surface area contributed by atoms with Crippen LogP contribution in [0.4, 0.5) is 0 Å². The molecule has 0 aliphatic rings. The predicted molar refractivity (Wildman–Crippen MR) is 71.9 cm³/mol. The molecule has 0 amide bonds. The Morgan fingerprint density at radius 3 is 2.53 bits per heavy atom. The normalized spacial score (nSPS) is 11.1. The zero-order chi connectivity index (χ0) is 12.8. The second kappa shape index (κ2) is 6.61. The van der Waals surface area contributed by atoms with Gasteiger partial charge >= 0.3 is 0 Å². The number of ether oxygens (including phenoxy) is 2. The van der Waals surface area contributed by atoms with Gasteiger partial charge in [0.1, 0.15) is 11.5 Å². The van der Waals surface area contributed by atoms with Crippen LogP contribution in [0, 0.1) is 5.92 Å². The molecule has 1 aromatic carbocycles. The van der Waals surface area contributed by atoms with Crippen LogP contribution < -0.4 is 9.47 Å². The van der Waals surface area contributed by atoms with Crippen molar-refractivity contribution in [1.82, 2.24) is 0 Å². The van der Waals surface area contributed by atoms with Crippen LogP contribution in [0.5, 0.6) is 11.5 Å². The third-order valence-electron chi connectivity index (χ3n) is 2.32. The van der Waals surface area contributed by atoms with Crippen molar-refractivity contribution in [3.05, 3.63) is 23.8 Å². The van der Waals surface area contributed by atoms with E-state index in [4.69, 9.17) is 9.47 Å². The van der Waals surface area contributed by atoms with Crippen molar-refractivity contribution in [3.8, 4) is 11.5 Å². The van der Waals surface area contributed by atoms with E-state index in [1.54, 1.807) is 32.4 Å². The van der Waals surface area contributed by atoms with Crippen molar-refractivity contribution >= 4 is 14.1 Å².